The van der Waals surface area contributed by atoms with Crippen molar-refractivity contribution in [1.29, 1.82) is 0 Å². The molecule has 0 aliphatic carbocycles. The molecule has 0 saturated carbocycles. The van der Waals surface area contributed by atoms with Crippen molar-refractivity contribution in [3.8, 4) is 22.6 Å². The van der Waals surface area contributed by atoms with Gasteiger partial charge in [0.25, 0.3) is 0 Å². The Morgan fingerprint density at radius 3 is 2.58 bits per heavy atom. The van der Waals surface area contributed by atoms with E-state index in [1.54, 1.807) is 6.20 Å². The average Bonchev–Trinajstić information content (AvgIpc) is 3.06. The van der Waals surface area contributed by atoms with Crippen molar-refractivity contribution >= 4 is 27.4 Å². The summed E-state index contributed by atoms with van der Waals surface area (Å²) in [5.41, 5.74) is 4.57. The van der Waals surface area contributed by atoms with E-state index in [1.807, 2.05) is 41.8 Å². The molecule has 24 heavy (non-hydrogen) atoms. The van der Waals surface area contributed by atoms with Crippen LogP contribution < -0.4 is 0 Å². The van der Waals surface area contributed by atoms with E-state index in [2.05, 4.69) is 33.1 Å². The third kappa shape index (κ3) is 2.37. The molecule has 4 rings (SSSR count). The van der Waals surface area contributed by atoms with Gasteiger partial charge in [0, 0.05) is 17.1 Å². The van der Waals surface area contributed by atoms with Crippen molar-refractivity contribution in [2.45, 2.75) is 6.92 Å². The fourth-order valence-corrected chi connectivity index (χ4v) is 3.57. The van der Waals surface area contributed by atoms with Gasteiger partial charge < -0.3 is 0 Å². The van der Waals surface area contributed by atoms with Gasteiger partial charge in [-0.25, -0.2) is 9.97 Å². The van der Waals surface area contributed by atoms with Gasteiger partial charge in [0.1, 0.15) is 10.4 Å². The highest BCUT2D eigenvalue weighted by Crippen LogP contribution is 2.39. The minimum Gasteiger partial charge on any atom is -0.253 e. The van der Waals surface area contributed by atoms with E-state index in [4.69, 9.17) is 0 Å². The molecule has 0 bridgehead atoms. The number of nitroso groups, excluding NO2 is 1. The normalized spacial score (nSPS) is 10.9. The van der Waals surface area contributed by atoms with Crippen molar-refractivity contribution in [3.05, 3.63) is 64.5 Å². The van der Waals surface area contributed by atoms with E-state index in [9.17, 15) is 4.91 Å². The number of aromatic nitrogens is 3. The first-order valence-corrected chi connectivity index (χ1v) is 8.26. The van der Waals surface area contributed by atoms with Gasteiger partial charge in [-0.1, -0.05) is 30.3 Å². The van der Waals surface area contributed by atoms with Crippen molar-refractivity contribution in [3.63, 3.8) is 0 Å². The second-order valence-corrected chi connectivity index (χ2v) is 6.20. The first kappa shape index (κ1) is 14.6. The van der Waals surface area contributed by atoms with Gasteiger partial charge in [0.15, 0.2) is 5.82 Å². The van der Waals surface area contributed by atoms with Crippen LogP contribution in [0.4, 0.5) is 5.82 Å². The lowest BCUT2D eigenvalue weighted by Crippen LogP contribution is -1.92. The molecule has 0 unspecified atom stereocenters. The lowest BCUT2D eigenvalue weighted by molar-refractivity contribution is 1.17. The van der Waals surface area contributed by atoms with Gasteiger partial charge in [0.2, 0.25) is 5.82 Å². The fourth-order valence-electron chi connectivity index (χ4n) is 2.64. The highest BCUT2D eigenvalue weighted by atomic mass is 32.1. The van der Waals surface area contributed by atoms with Crippen LogP contribution in [0.2, 0.25) is 0 Å². The first-order chi connectivity index (χ1) is 11.8. The summed E-state index contributed by atoms with van der Waals surface area (Å²) in [6, 6.07) is 13.6. The summed E-state index contributed by atoms with van der Waals surface area (Å²) in [4.78, 5) is 24.5. The Morgan fingerprint density at radius 1 is 1.00 bits per heavy atom. The number of aryl methyl sites for hydroxylation is 1. The first-order valence-electron chi connectivity index (χ1n) is 7.38. The molecule has 116 valence electrons. The second-order valence-electron chi connectivity index (χ2n) is 5.32. The quantitative estimate of drug-likeness (QED) is 0.488. The molecule has 5 nitrogen and oxygen atoms in total. The van der Waals surface area contributed by atoms with Crippen LogP contribution in [0.15, 0.2) is 59.2 Å². The summed E-state index contributed by atoms with van der Waals surface area (Å²) >= 11 is 1.43. The predicted octanol–water partition coefficient (Wildman–Crippen LogP) is 5.13. The minimum atomic E-state index is 0.158. The Hall–Kier alpha value is -2.99. The van der Waals surface area contributed by atoms with E-state index >= 15 is 0 Å². The lowest BCUT2D eigenvalue weighted by atomic mass is 10.0. The number of nitrogens with zero attached hydrogens (tertiary/aromatic N) is 4. The predicted molar refractivity (Wildman–Crippen MR) is 96.3 cm³/mol. The number of thiophene rings is 1. The molecule has 3 heterocycles. The third-order valence-corrected chi connectivity index (χ3v) is 4.78. The minimum absolute atomic E-state index is 0.158. The summed E-state index contributed by atoms with van der Waals surface area (Å²) in [6.45, 7) is 2.05. The van der Waals surface area contributed by atoms with Gasteiger partial charge in [-0.05, 0) is 35.4 Å². The van der Waals surface area contributed by atoms with E-state index in [1.165, 1.54) is 11.3 Å². The number of pyridine rings is 1. The topological polar surface area (TPSA) is 68.1 Å². The van der Waals surface area contributed by atoms with E-state index in [0.29, 0.717) is 16.2 Å². The molecule has 0 amide bonds. The van der Waals surface area contributed by atoms with Gasteiger partial charge >= 0.3 is 0 Å². The maximum atomic E-state index is 11.3. The van der Waals surface area contributed by atoms with Gasteiger partial charge in [-0.3, -0.25) is 4.98 Å². The summed E-state index contributed by atoms with van der Waals surface area (Å²) < 4.78 is 0.697. The SMILES string of the molecule is Cc1ccccc1-c1csc2c(N=O)nc(-c3ccccn3)nc12. The zero-order chi connectivity index (χ0) is 16.5. The number of hydrogen-bond donors (Lipinski definition) is 0. The zero-order valence-corrected chi connectivity index (χ0v) is 13.6. The van der Waals surface area contributed by atoms with Crippen molar-refractivity contribution in [1.82, 2.24) is 15.0 Å². The molecule has 0 aliphatic rings. The molecular weight excluding hydrogens is 320 g/mol. The van der Waals surface area contributed by atoms with Crippen molar-refractivity contribution in [2.24, 2.45) is 5.18 Å². The maximum absolute atomic E-state index is 11.3. The number of benzene rings is 1. The van der Waals surface area contributed by atoms with Crippen LogP contribution in [0.1, 0.15) is 5.56 Å². The summed E-state index contributed by atoms with van der Waals surface area (Å²) in [5.74, 6) is 0.566. The number of fused-ring (bicyclic) bond motifs is 1. The van der Waals surface area contributed by atoms with E-state index < -0.39 is 0 Å². The zero-order valence-electron chi connectivity index (χ0n) is 12.8. The molecule has 6 heteroatoms. The summed E-state index contributed by atoms with van der Waals surface area (Å²) in [7, 11) is 0. The summed E-state index contributed by atoms with van der Waals surface area (Å²) in [5, 5.41) is 5.09. The molecule has 0 fully saturated rings. The maximum Gasteiger partial charge on any atom is 0.218 e. The Bertz CT molecular complexity index is 1040. The molecule has 3 aromatic heterocycles. The van der Waals surface area contributed by atoms with Gasteiger partial charge in [-0.15, -0.1) is 16.2 Å². The smallest absolute Gasteiger partial charge is 0.218 e. The average molecular weight is 332 g/mol. The van der Waals surface area contributed by atoms with Crippen LogP contribution in [0.25, 0.3) is 32.9 Å². The van der Waals surface area contributed by atoms with Crippen molar-refractivity contribution in [2.75, 3.05) is 0 Å². The van der Waals surface area contributed by atoms with Crippen LogP contribution in [-0.2, 0) is 0 Å². The molecule has 0 N–H and O–H groups in total. The Kier molecular flexibility index (Phi) is 3.59. The van der Waals surface area contributed by atoms with Crippen LogP contribution in [0.3, 0.4) is 0 Å². The van der Waals surface area contributed by atoms with Crippen LogP contribution >= 0.6 is 11.3 Å². The Morgan fingerprint density at radius 2 is 1.83 bits per heavy atom. The number of rotatable bonds is 3. The standard InChI is InChI=1S/C18H12N4OS/c1-11-6-2-3-7-12(11)13-10-24-16-15(13)20-17(21-18(16)22-23)14-8-4-5-9-19-14/h2-10H,1H3. The largest absolute Gasteiger partial charge is 0.253 e. The molecule has 0 aliphatic heterocycles. The molecule has 0 radical (unpaired) electrons. The second kappa shape index (κ2) is 5.90. The van der Waals surface area contributed by atoms with Gasteiger partial charge in [-0.2, -0.15) is 0 Å². The van der Waals surface area contributed by atoms with Crippen molar-refractivity contribution < 1.29 is 0 Å². The Labute approximate surface area is 142 Å². The Balaban J connectivity index is 2.01. The van der Waals surface area contributed by atoms with E-state index in [-0.39, 0.29) is 5.82 Å². The lowest BCUT2D eigenvalue weighted by Gasteiger charge is -2.05. The van der Waals surface area contributed by atoms with E-state index in [0.717, 1.165) is 22.2 Å². The molecule has 4 aromatic rings. The molecule has 1 aromatic carbocycles. The van der Waals surface area contributed by atoms with Gasteiger partial charge in [0.05, 0.1) is 5.52 Å². The highest BCUT2D eigenvalue weighted by molar-refractivity contribution is 7.18. The fraction of sp³-hybridized carbons (Fsp3) is 0.0556. The molecule has 0 saturated heterocycles. The van der Waals surface area contributed by atoms with Crippen LogP contribution in [-0.4, -0.2) is 15.0 Å². The molecule has 0 spiro atoms. The molecule has 0 atom stereocenters. The third-order valence-electron chi connectivity index (χ3n) is 3.81. The number of hydrogen-bond acceptors (Lipinski definition) is 6. The highest BCUT2D eigenvalue weighted by Gasteiger charge is 2.17. The van der Waals surface area contributed by atoms with Crippen LogP contribution in [0.5, 0.6) is 0 Å². The molecular formula is C18H12N4OS. The summed E-state index contributed by atoms with van der Waals surface area (Å²) in [6.07, 6.45) is 1.67. The monoisotopic (exact) mass is 332 g/mol. The van der Waals surface area contributed by atoms with Crippen LogP contribution in [0, 0.1) is 11.8 Å².